The topological polar surface area (TPSA) is 59.3 Å². The second-order valence-electron chi connectivity index (χ2n) is 5.89. The number of nitrogens with one attached hydrogen (secondary N) is 1. The van der Waals surface area contributed by atoms with Crippen molar-refractivity contribution < 1.29 is 31.1 Å². The van der Waals surface area contributed by atoms with E-state index in [4.69, 9.17) is 0 Å². The third-order valence-electron chi connectivity index (χ3n) is 3.85. The molecule has 0 aliphatic heterocycles. The lowest BCUT2D eigenvalue weighted by atomic mass is 10.2. The number of thioether (sulfide) groups is 1. The first-order chi connectivity index (χ1) is 13.9. The lowest BCUT2D eigenvalue weighted by Crippen LogP contribution is -2.16. The van der Waals surface area contributed by atoms with Crippen molar-refractivity contribution in [3.05, 3.63) is 47.4 Å². The number of carbonyl (C=O) groups excluding carboxylic acids is 1. The number of rotatable bonds is 4. The highest BCUT2D eigenvalue weighted by molar-refractivity contribution is 7.99. The first kappa shape index (κ1) is 22.3. The van der Waals surface area contributed by atoms with Gasteiger partial charge in [0.2, 0.25) is 0 Å². The summed E-state index contributed by atoms with van der Waals surface area (Å²) in [6.45, 7) is 1.76. The summed E-state index contributed by atoms with van der Waals surface area (Å²) >= 11 is 5.09. The lowest BCUT2D eigenvalue weighted by molar-refractivity contribution is -0.138. The van der Waals surface area contributed by atoms with Gasteiger partial charge in [0, 0.05) is 12.4 Å². The number of fused-ring (bicyclic) bond motifs is 1. The van der Waals surface area contributed by atoms with Crippen LogP contribution in [0.5, 0.6) is 0 Å². The second-order valence-corrected chi connectivity index (χ2v) is 7.56. The van der Waals surface area contributed by atoms with Crippen LogP contribution in [0.1, 0.15) is 28.5 Å². The maximum absolute atomic E-state index is 13.0. The van der Waals surface area contributed by atoms with Gasteiger partial charge in [-0.25, -0.2) is 9.97 Å². The van der Waals surface area contributed by atoms with Crippen molar-refractivity contribution in [2.24, 2.45) is 0 Å². The maximum atomic E-state index is 13.0. The number of amides is 1. The van der Waals surface area contributed by atoms with Crippen molar-refractivity contribution in [1.29, 1.82) is 0 Å². The van der Waals surface area contributed by atoms with Crippen molar-refractivity contribution >= 4 is 41.6 Å². The molecular formula is C17H12F6N4OS2. The molecule has 3 aromatic rings. The van der Waals surface area contributed by atoms with E-state index >= 15 is 0 Å². The fourth-order valence-electron chi connectivity index (χ4n) is 2.51. The molecular weight excluding hydrogens is 454 g/mol. The molecule has 3 aromatic heterocycles. The quantitative estimate of drug-likeness (QED) is 0.306. The Morgan fingerprint density at radius 1 is 1.17 bits per heavy atom. The first-order valence-electron chi connectivity index (χ1n) is 8.21. The Hall–Kier alpha value is -2.41. The molecule has 0 saturated heterocycles. The molecule has 0 aromatic carbocycles. The zero-order chi connectivity index (χ0) is 22.3. The van der Waals surface area contributed by atoms with Gasteiger partial charge in [0.15, 0.2) is 5.69 Å². The summed E-state index contributed by atoms with van der Waals surface area (Å²) in [6.07, 6.45) is -7.58. The minimum Gasteiger partial charge on any atom is -0.318 e. The minimum atomic E-state index is -4.69. The number of imidazole rings is 1. The first-order valence-corrected chi connectivity index (χ1v) is 9.64. The third kappa shape index (κ3) is 4.51. The van der Waals surface area contributed by atoms with Gasteiger partial charge in [-0.15, -0.1) is 24.4 Å². The summed E-state index contributed by atoms with van der Waals surface area (Å²) in [5, 5.41) is 2.34. The number of hydrogen-bond donors (Lipinski definition) is 2. The van der Waals surface area contributed by atoms with E-state index < -0.39 is 29.4 Å². The van der Waals surface area contributed by atoms with Crippen LogP contribution in [0.4, 0.5) is 32.0 Å². The average molecular weight is 466 g/mol. The molecule has 0 fully saturated rings. The molecule has 0 spiro atoms. The van der Waals surface area contributed by atoms with Crippen LogP contribution in [0.15, 0.2) is 40.6 Å². The van der Waals surface area contributed by atoms with Gasteiger partial charge in [-0.2, -0.15) is 26.3 Å². The van der Waals surface area contributed by atoms with E-state index in [9.17, 15) is 31.1 Å². The molecule has 0 aliphatic carbocycles. The van der Waals surface area contributed by atoms with Gasteiger partial charge >= 0.3 is 12.4 Å². The van der Waals surface area contributed by atoms with Crippen LogP contribution in [0.25, 0.3) is 5.65 Å². The monoisotopic (exact) mass is 466 g/mol. The number of nitrogens with zero attached hydrogens (tertiary/aromatic N) is 3. The van der Waals surface area contributed by atoms with E-state index in [1.165, 1.54) is 4.40 Å². The Balaban J connectivity index is 2.03. The lowest BCUT2D eigenvalue weighted by Gasteiger charge is -2.11. The Morgan fingerprint density at radius 3 is 2.43 bits per heavy atom. The van der Waals surface area contributed by atoms with Crippen molar-refractivity contribution in [3.63, 3.8) is 0 Å². The summed E-state index contributed by atoms with van der Waals surface area (Å²) in [6, 6.07) is 2.29. The summed E-state index contributed by atoms with van der Waals surface area (Å²) in [7, 11) is 0. The molecule has 0 saturated carbocycles. The standard InChI is InChI=1S/C17H12F6N4OS2/c1-2-30-15-12(26-11-6-8(16(18,19)20)3-4-27(11)15)13(28)25-10-5-9(17(21,22)23)7-24-14(10)29/h3-7H,2H2,1H3,(H,24,29)(H,25,28). The highest BCUT2D eigenvalue weighted by Crippen LogP contribution is 2.34. The third-order valence-corrected chi connectivity index (χ3v) is 5.16. The number of alkyl halides is 6. The number of thiol groups is 1. The normalized spacial score (nSPS) is 12.4. The summed E-state index contributed by atoms with van der Waals surface area (Å²) in [5.74, 6) is -0.433. The number of hydrogen-bond acceptors (Lipinski definition) is 5. The molecule has 0 atom stereocenters. The van der Waals surface area contributed by atoms with Gasteiger partial charge in [0.1, 0.15) is 15.7 Å². The summed E-state index contributed by atoms with van der Waals surface area (Å²) < 4.78 is 78.9. The maximum Gasteiger partial charge on any atom is 0.417 e. The van der Waals surface area contributed by atoms with Gasteiger partial charge in [-0.3, -0.25) is 9.20 Å². The van der Waals surface area contributed by atoms with Gasteiger partial charge in [0.05, 0.1) is 16.8 Å². The number of carbonyl (C=O) groups is 1. The largest absolute Gasteiger partial charge is 0.417 e. The van der Waals surface area contributed by atoms with Crippen LogP contribution < -0.4 is 5.32 Å². The van der Waals surface area contributed by atoms with Crippen LogP contribution >= 0.6 is 24.4 Å². The average Bonchev–Trinajstić information content (AvgIpc) is 3.00. The molecule has 0 bridgehead atoms. The van der Waals surface area contributed by atoms with Gasteiger partial charge in [0.25, 0.3) is 5.91 Å². The molecule has 5 nitrogen and oxygen atoms in total. The van der Waals surface area contributed by atoms with Gasteiger partial charge in [-0.05, 0) is 24.0 Å². The Bertz CT molecular complexity index is 1110. The molecule has 0 unspecified atom stereocenters. The molecule has 1 N–H and O–H groups in total. The SMILES string of the molecule is CCSc1c(C(=O)Nc2cc(C(F)(F)F)cnc2S)nc2cc(C(F)(F)F)ccn12. The fraction of sp³-hybridized carbons (Fsp3) is 0.235. The van der Waals surface area contributed by atoms with E-state index in [0.717, 1.165) is 30.1 Å². The van der Waals surface area contributed by atoms with E-state index in [-0.39, 0.29) is 27.1 Å². The van der Waals surface area contributed by atoms with Crippen LogP contribution in [0.2, 0.25) is 0 Å². The number of anilines is 1. The number of pyridine rings is 2. The number of aromatic nitrogens is 3. The molecule has 3 rings (SSSR count). The summed E-state index contributed by atoms with van der Waals surface area (Å²) in [5.41, 5.74) is -2.70. The zero-order valence-corrected chi connectivity index (χ0v) is 16.7. The predicted octanol–water partition coefficient (Wildman–Crippen LogP) is 5.42. The minimum absolute atomic E-state index is 0.126. The van der Waals surface area contributed by atoms with Crippen molar-refractivity contribution in [3.8, 4) is 0 Å². The molecule has 160 valence electrons. The molecule has 30 heavy (non-hydrogen) atoms. The molecule has 13 heteroatoms. The second kappa shape index (κ2) is 8.02. The van der Waals surface area contributed by atoms with Crippen molar-refractivity contribution in [1.82, 2.24) is 14.4 Å². The smallest absolute Gasteiger partial charge is 0.318 e. The van der Waals surface area contributed by atoms with Crippen LogP contribution in [0.3, 0.4) is 0 Å². The molecule has 0 aliphatic rings. The van der Waals surface area contributed by atoms with Crippen LogP contribution in [0, 0.1) is 0 Å². The van der Waals surface area contributed by atoms with E-state index in [1.807, 2.05) is 0 Å². The molecule has 1 amide bonds. The Kier molecular flexibility index (Phi) is 5.96. The van der Waals surface area contributed by atoms with Gasteiger partial charge in [-0.1, -0.05) is 6.92 Å². The van der Waals surface area contributed by atoms with E-state index in [1.54, 1.807) is 6.92 Å². The highest BCUT2D eigenvalue weighted by atomic mass is 32.2. The van der Waals surface area contributed by atoms with Crippen LogP contribution in [-0.2, 0) is 12.4 Å². The van der Waals surface area contributed by atoms with E-state index in [2.05, 4.69) is 27.9 Å². The fourth-order valence-corrected chi connectivity index (χ4v) is 3.53. The predicted molar refractivity (Wildman–Crippen MR) is 101 cm³/mol. The number of halogens is 6. The Labute approximate surface area is 175 Å². The van der Waals surface area contributed by atoms with Crippen molar-refractivity contribution in [2.75, 3.05) is 11.1 Å². The van der Waals surface area contributed by atoms with E-state index in [0.29, 0.717) is 18.0 Å². The van der Waals surface area contributed by atoms with Gasteiger partial charge < -0.3 is 5.32 Å². The Morgan fingerprint density at radius 2 is 1.83 bits per heavy atom. The molecule has 3 heterocycles. The highest BCUT2D eigenvalue weighted by Gasteiger charge is 2.33. The zero-order valence-electron chi connectivity index (χ0n) is 15.0. The van der Waals surface area contributed by atoms with Crippen molar-refractivity contribution in [2.45, 2.75) is 29.3 Å². The van der Waals surface area contributed by atoms with Crippen LogP contribution in [-0.4, -0.2) is 26.0 Å². The molecule has 0 radical (unpaired) electrons. The summed E-state index contributed by atoms with van der Waals surface area (Å²) in [4.78, 5) is 20.2.